The molecule has 0 aliphatic rings. The highest BCUT2D eigenvalue weighted by molar-refractivity contribution is 6.31. The van der Waals surface area contributed by atoms with Crippen molar-refractivity contribution in [2.75, 3.05) is 0 Å². The van der Waals surface area contributed by atoms with E-state index in [1.54, 1.807) is 6.07 Å². The molecule has 126 valence electrons. The summed E-state index contributed by atoms with van der Waals surface area (Å²) < 4.78 is 0. The first-order valence-electron chi connectivity index (χ1n) is 7.97. The van der Waals surface area contributed by atoms with Crippen LogP contribution in [0.3, 0.4) is 0 Å². The van der Waals surface area contributed by atoms with E-state index in [2.05, 4.69) is 23.5 Å². The molecule has 0 bridgehead atoms. The summed E-state index contributed by atoms with van der Waals surface area (Å²) in [6, 6.07) is 20.6. The maximum Gasteiger partial charge on any atom is 0.255 e. The van der Waals surface area contributed by atoms with Gasteiger partial charge in [-0.3, -0.25) is 4.79 Å². The monoisotopic (exact) mass is 351 g/mol. The molecule has 0 heterocycles. The Morgan fingerprint density at radius 2 is 1.80 bits per heavy atom. The van der Waals surface area contributed by atoms with Crippen LogP contribution >= 0.6 is 11.6 Å². The molecule has 25 heavy (non-hydrogen) atoms. The minimum atomic E-state index is -0.357. The van der Waals surface area contributed by atoms with Gasteiger partial charge in [-0.2, -0.15) is 0 Å². The van der Waals surface area contributed by atoms with Gasteiger partial charge in [-0.15, -0.1) is 0 Å². The number of hydrogen-bond donors (Lipinski definition) is 2. The molecule has 0 aliphatic heterocycles. The van der Waals surface area contributed by atoms with E-state index in [4.69, 9.17) is 11.6 Å². The van der Waals surface area contributed by atoms with Gasteiger partial charge in [0.1, 0.15) is 5.75 Å². The summed E-state index contributed by atoms with van der Waals surface area (Å²) in [6.45, 7) is 2.41. The highest BCUT2D eigenvalue weighted by atomic mass is 35.5. The van der Waals surface area contributed by atoms with Gasteiger partial charge in [0.25, 0.3) is 5.91 Å². The number of aromatic hydroxyl groups is 1. The molecule has 0 saturated heterocycles. The smallest absolute Gasteiger partial charge is 0.255 e. The molecule has 1 amide bonds. The lowest BCUT2D eigenvalue weighted by Gasteiger charge is -2.13. The van der Waals surface area contributed by atoms with Crippen molar-refractivity contribution in [3.63, 3.8) is 0 Å². The average molecular weight is 352 g/mol. The third-order valence-electron chi connectivity index (χ3n) is 4.17. The molecule has 0 aliphatic carbocycles. The van der Waals surface area contributed by atoms with Crippen LogP contribution < -0.4 is 5.32 Å². The summed E-state index contributed by atoms with van der Waals surface area (Å²) in [6.07, 6.45) is 0. The minimum absolute atomic E-state index is 0.0864. The molecule has 2 N–H and O–H groups in total. The first-order chi connectivity index (χ1) is 12.1. The Hall–Kier alpha value is -2.78. The first kappa shape index (κ1) is 17.1. The molecule has 3 aromatic rings. The van der Waals surface area contributed by atoms with Crippen molar-refractivity contribution in [3.8, 4) is 16.9 Å². The number of amides is 1. The molecule has 0 unspecified atom stereocenters. The lowest BCUT2D eigenvalue weighted by atomic mass is 9.96. The van der Waals surface area contributed by atoms with Gasteiger partial charge in [-0.1, -0.05) is 60.1 Å². The van der Waals surface area contributed by atoms with Gasteiger partial charge in [-0.25, -0.2) is 0 Å². The van der Waals surface area contributed by atoms with E-state index in [-0.39, 0.29) is 17.2 Å². The second-order valence-corrected chi connectivity index (χ2v) is 6.24. The molecule has 0 fully saturated rings. The first-order valence-corrected chi connectivity index (χ1v) is 8.34. The summed E-state index contributed by atoms with van der Waals surface area (Å²) in [5.74, 6) is -0.443. The molecule has 0 radical (unpaired) electrons. The van der Waals surface area contributed by atoms with Crippen LogP contribution in [-0.2, 0) is 6.54 Å². The van der Waals surface area contributed by atoms with Gasteiger partial charge in [0, 0.05) is 11.6 Å². The normalized spacial score (nSPS) is 10.5. The van der Waals surface area contributed by atoms with Crippen LogP contribution in [0.5, 0.6) is 5.75 Å². The molecule has 0 aromatic heterocycles. The Balaban J connectivity index is 1.80. The number of halogens is 1. The molecular weight excluding hydrogens is 334 g/mol. The van der Waals surface area contributed by atoms with Gasteiger partial charge in [0.2, 0.25) is 0 Å². The van der Waals surface area contributed by atoms with E-state index < -0.39 is 0 Å². The molecule has 0 spiro atoms. The largest absolute Gasteiger partial charge is 0.507 e. The SMILES string of the molecule is Cc1c(CNC(=O)c2cc(Cl)ccc2O)cccc1-c1ccccc1. The highest BCUT2D eigenvalue weighted by Gasteiger charge is 2.12. The van der Waals surface area contributed by atoms with Crippen molar-refractivity contribution in [2.24, 2.45) is 0 Å². The average Bonchev–Trinajstić information content (AvgIpc) is 2.63. The number of rotatable bonds is 4. The summed E-state index contributed by atoms with van der Waals surface area (Å²) >= 11 is 5.90. The predicted octanol–water partition coefficient (Wildman–Crippen LogP) is 4.95. The van der Waals surface area contributed by atoms with Crippen molar-refractivity contribution in [1.82, 2.24) is 5.32 Å². The molecule has 3 aromatic carbocycles. The third-order valence-corrected chi connectivity index (χ3v) is 4.41. The van der Waals surface area contributed by atoms with Crippen molar-refractivity contribution in [2.45, 2.75) is 13.5 Å². The van der Waals surface area contributed by atoms with E-state index in [1.807, 2.05) is 37.3 Å². The lowest BCUT2D eigenvalue weighted by Crippen LogP contribution is -2.23. The lowest BCUT2D eigenvalue weighted by molar-refractivity contribution is 0.0948. The number of nitrogens with one attached hydrogen (secondary N) is 1. The van der Waals surface area contributed by atoms with Crippen LogP contribution in [0.1, 0.15) is 21.5 Å². The van der Waals surface area contributed by atoms with Gasteiger partial charge in [-0.05, 0) is 47.4 Å². The Morgan fingerprint density at radius 3 is 2.56 bits per heavy atom. The number of hydrogen-bond acceptors (Lipinski definition) is 2. The molecule has 3 rings (SSSR count). The second kappa shape index (κ2) is 7.41. The fourth-order valence-electron chi connectivity index (χ4n) is 2.77. The Morgan fingerprint density at radius 1 is 1.04 bits per heavy atom. The van der Waals surface area contributed by atoms with Gasteiger partial charge in [0.05, 0.1) is 5.56 Å². The third kappa shape index (κ3) is 3.83. The van der Waals surface area contributed by atoms with E-state index in [0.29, 0.717) is 11.6 Å². The molecule has 0 saturated carbocycles. The number of carbonyl (C=O) groups is 1. The second-order valence-electron chi connectivity index (χ2n) is 5.80. The summed E-state index contributed by atoms with van der Waals surface area (Å²) in [5, 5.41) is 13.1. The van der Waals surface area contributed by atoms with Crippen molar-refractivity contribution >= 4 is 17.5 Å². The van der Waals surface area contributed by atoms with Crippen LogP contribution in [0, 0.1) is 6.92 Å². The maximum atomic E-state index is 12.3. The van der Waals surface area contributed by atoms with Crippen LogP contribution in [0.4, 0.5) is 0 Å². The zero-order valence-electron chi connectivity index (χ0n) is 13.8. The van der Waals surface area contributed by atoms with Crippen LogP contribution in [0.25, 0.3) is 11.1 Å². The quantitative estimate of drug-likeness (QED) is 0.698. The fraction of sp³-hybridized carbons (Fsp3) is 0.0952. The van der Waals surface area contributed by atoms with E-state index in [0.717, 1.165) is 22.3 Å². The molecule has 3 nitrogen and oxygen atoms in total. The Kier molecular flexibility index (Phi) is 5.05. The zero-order chi connectivity index (χ0) is 17.8. The van der Waals surface area contributed by atoms with Gasteiger partial charge in [0.15, 0.2) is 0 Å². The summed E-state index contributed by atoms with van der Waals surface area (Å²) in [4.78, 5) is 12.3. The molecule has 4 heteroatoms. The van der Waals surface area contributed by atoms with Crippen LogP contribution in [0.15, 0.2) is 66.7 Å². The fourth-order valence-corrected chi connectivity index (χ4v) is 2.94. The van der Waals surface area contributed by atoms with Gasteiger partial charge >= 0.3 is 0 Å². The van der Waals surface area contributed by atoms with E-state index >= 15 is 0 Å². The Labute approximate surface area is 151 Å². The van der Waals surface area contributed by atoms with Crippen molar-refractivity contribution in [3.05, 3.63) is 88.4 Å². The molecular formula is C21H18ClNO2. The van der Waals surface area contributed by atoms with Crippen molar-refractivity contribution in [1.29, 1.82) is 0 Å². The highest BCUT2D eigenvalue weighted by Crippen LogP contribution is 2.26. The molecule has 0 atom stereocenters. The van der Waals surface area contributed by atoms with Gasteiger partial charge < -0.3 is 10.4 Å². The zero-order valence-corrected chi connectivity index (χ0v) is 14.5. The number of carbonyl (C=O) groups excluding carboxylic acids is 1. The Bertz CT molecular complexity index is 907. The van der Waals surface area contributed by atoms with E-state index in [9.17, 15) is 9.90 Å². The van der Waals surface area contributed by atoms with E-state index in [1.165, 1.54) is 12.1 Å². The topological polar surface area (TPSA) is 49.3 Å². The standard InChI is InChI=1S/C21H18ClNO2/c1-14-16(8-5-9-18(14)15-6-3-2-4-7-15)13-23-21(25)19-12-17(22)10-11-20(19)24/h2-12,24H,13H2,1H3,(H,23,25). The number of phenols is 1. The minimum Gasteiger partial charge on any atom is -0.507 e. The van der Waals surface area contributed by atoms with Crippen LogP contribution in [-0.4, -0.2) is 11.0 Å². The summed E-state index contributed by atoms with van der Waals surface area (Å²) in [5.41, 5.74) is 4.59. The number of phenolic OH excluding ortho intramolecular Hbond substituents is 1. The van der Waals surface area contributed by atoms with Crippen LogP contribution in [0.2, 0.25) is 5.02 Å². The van der Waals surface area contributed by atoms with Crippen molar-refractivity contribution < 1.29 is 9.90 Å². The summed E-state index contributed by atoms with van der Waals surface area (Å²) in [7, 11) is 0. The maximum absolute atomic E-state index is 12.3. The predicted molar refractivity (Wildman–Crippen MR) is 101 cm³/mol. The number of benzene rings is 3.